The van der Waals surface area contributed by atoms with Crippen LogP contribution in [0.2, 0.25) is 0 Å². The van der Waals surface area contributed by atoms with Gasteiger partial charge in [-0.2, -0.15) is 0 Å². The van der Waals surface area contributed by atoms with Gasteiger partial charge < -0.3 is 10.0 Å². The van der Waals surface area contributed by atoms with Crippen LogP contribution >= 0.6 is 0 Å². The van der Waals surface area contributed by atoms with Gasteiger partial charge in [-0.3, -0.25) is 9.69 Å². The summed E-state index contributed by atoms with van der Waals surface area (Å²) in [5, 5.41) is 8.87. The zero-order valence-electron chi connectivity index (χ0n) is 9.78. The average Bonchev–Trinajstić information content (AvgIpc) is 2.63. The minimum absolute atomic E-state index is 0.229. The molecule has 4 heteroatoms. The van der Waals surface area contributed by atoms with Gasteiger partial charge in [0.05, 0.1) is 6.42 Å². The minimum atomic E-state index is -0.675. The van der Waals surface area contributed by atoms with Crippen LogP contribution in [-0.4, -0.2) is 60.6 Å². The van der Waals surface area contributed by atoms with Crippen molar-refractivity contribution in [3.05, 3.63) is 0 Å². The van der Waals surface area contributed by atoms with Gasteiger partial charge in [-0.1, -0.05) is 0 Å². The first kappa shape index (κ1) is 12.5. The highest BCUT2D eigenvalue weighted by Gasteiger charge is 2.23. The summed E-state index contributed by atoms with van der Waals surface area (Å²) in [6.07, 6.45) is 3.68. The van der Waals surface area contributed by atoms with Gasteiger partial charge >= 0.3 is 5.97 Å². The Morgan fingerprint density at radius 2 is 2.00 bits per heavy atom. The maximum absolute atomic E-state index is 10.8. The lowest BCUT2D eigenvalue weighted by Gasteiger charge is -2.27. The second-order valence-corrected chi connectivity index (χ2v) is 4.59. The lowest BCUT2D eigenvalue weighted by Crippen LogP contribution is -2.36. The molecule has 1 aliphatic rings. The number of carboxylic acids is 1. The Labute approximate surface area is 91.9 Å². The van der Waals surface area contributed by atoms with Crippen LogP contribution < -0.4 is 0 Å². The van der Waals surface area contributed by atoms with E-state index in [0.29, 0.717) is 0 Å². The highest BCUT2D eigenvalue weighted by Crippen LogP contribution is 2.16. The molecule has 0 radical (unpaired) electrons. The van der Waals surface area contributed by atoms with Crippen LogP contribution in [0.3, 0.4) is 0 Å². The second-order valence-electron chi connectivity index (χ2n) is 4.59. The fraction of sp³-hybridized carbons (Fsp3) is 0.909. The van der Waals surface area contributed by atoms with Crippen molar-refractivity contribution in [1.29, 1.82) is 0 Å². The van der Waals surface area contributed by atoms with Gasteiger partial charge in [-0.05, 0) is 53.0 Å². The number of aliphatic carboxylic acids is 1. The lowest BCUT2D eigenvalue weighted by atomic mass is 10.1. The predicted molar refractivity (Wildman–Crippen MR) is 60.0 cm³/mol. The fourth-order valence-corrected chi connectivity index (χ4v) is 2.13. The van der Waals surface area contributed by atoms with Crippen molar-refractivity contribution in [3.8, 4) is 0 Å². The summed E-state index contributed by atoms with van der Waals surface area (Å²) in [5.41, 5.74) is 0. The van der Waals surface area contributed by atoms with E-state index in [-0.39, 0.29) is 12.5 Å². The highest BCUT2D eigenvalue weighted by atomic mass is 16.4. The molecule has 1 fully saturated rings. The fourth-order valence-electron chi connectivity index (χ4n) is 2.13. The van der Waals surface area contributed by atoms with Gasteiger partial charge in [0.2, 0.25) is 0 Å². The van der Waals surface area contributed by atoms with E-state index in [4.69, 9.17) is 5.11 Å². The molecule has 1 saturated heterocycles. The molecule has 0 aliphatic carbocycles. The summed E-state index contributed by atoms with van der Waals surface area (Å²) in [6, 6.07) is 0.229. The Bertz CT molecular complexity index is 201. The monoisotopic (exact) mass is 214 g/mol. The Balaban J connectivity index is 2.40. The highest BCUT2D eigenvalue weighted by molar-refractivity contribution is 5.67. The third-order valence-corrected chi connectivity index (χ3v) is 2.98. The first-order chi connectivity index (χ1) is 7.09. The Hall–Kier alpha value is -0.610. The quantitative estimate of drug-likeness (QED) is 0.713. The zero-order valence-corrected chi connectivity index (χ0v) is 9.78. The lowest BCUT2D eigenvalue weighted by molar-refractivity contribution is -0.138. The molecule has 1 atom stereocenters. The van der Waals surface area contributed by atoms with Crippen molar-refractivity contribution in [2.75, 3.05) is 33.7 Å². The summed E-state index contributed by atoms with van der Waals surface area (Å²) in [7, 11) is 4.06. The van der Waals surface area contributed by atoms with E-state index in [1.54, 1.807) is 0 Å². The molecule has 88 valence electrons. The number of hydrogen-bond donors (Lipinski definition) is 1. The van der Waals surface area contributed by atoms with Crippen LogP contribution in [0.4, 0.5) is 0 Å². The molecule has 1 unspecified atom stereocenters. The number of carbonyl (C=O) groups is 1. The van der Waals surface area contributed by atoms with Crippen molar-refractivity contribution in [2.45, 2.75) is 31.7 Å². The molecule has 1 N–H and O–H groups in total. The molecule has 1 heterocycles. The number of likely N-dealkylation sites (tertiary alicyclic amines) is 1. The number of carboxylic acid groups (broad SMARTS) is 1. The van der Waals surface area contributed by atoms with Crippen LogP contribution in [0.15, 0.2) is 0 Å². The van der Waals surface area contributed by atoms with E-state index >= 15 is 0 Å². The maximum Gasteiger partial charge on any atom is 0.304 e. The van der Waals surface area contributed by atoms with Gasteiger partial charge in [-0.15, -0.1) is 0 Å². The topological polar surface area (TPSA) is 43.8 Å². The van der Waals surface area contributed by atoms with Gasteiger partial charge in [0, 0.05) is 6.04 Å². The molecule has 1 rings (SSSR count). The largest absolute Gasteiger partial charge is 0.481 e. The molecule has 0 saturated carbocycles. The molecule has 4 nitrogen and oxygen atoms in total. The third kappa shape index (κ3) is 4.62. The van der Waals surface area contributed by atoms with Crippen LogP contribution in [0, 0.1) is 0 Å². The van der Waals surface area contributed by atoms with Gasteiger partial charge in [0.1, 0.15) is 0 Å². The van der Waals surface area contributed by atoms with Gasteiger partial charge in [0.25, 0.3) is 0 Å². The summed E-state index contributed by atoms with van der Waals surface area (Å²) in [5.74, 6) is -0.675. The van der Waals surface area contributed by atoms with Crippen molar-refractivity contribution in [1.82, 2.24) is 9.80 Å². The molecule has 0 bridgehead atoms. The van der Waals surface area contributed by atoms with Crippen molar-refractivity contribution in [3.63, 3.8) is 0 Å². The molecule has 1 aliphatic heterocycles. The second kappa shape index (κ2) is 6.08. The van der Waals surface area contributed by atoms with Gasteiger partial charge in [-0.25, -0.2) is 0 Å². The number of rotatable bonds is 6. The van der Waals surface area contributed by atoms with E-state index in [2.05, 4.69) is 9.80 Å². The van der Waals surface area contributed by atoms with E-state index in [1.165, 1.54) is 12.8 Å². The van der Waals surface area contributed by atoms with Crippen molar-refractivity contribution in [2.24, 2.45) is 0 Å². The standard InChI is InChI=1S/C11H22N2O2/c1-12(2)8-5-10(9-11(14)15)13-6-3-4-7-13/h10H,3-9H2,1-2H3,(H,14,15). The number of hydrogen-bond acceptors (Lipinski definition) is 3. The summed E-state index contributed by atoms with van der Waals surface area (Å²) in [4.78, 5) is 15.2. The molecule has 0 aromatic rings. The van der Waals surface area contributed by atoms with Crippen LogP contribution in [0.5, 0.6) is 0 Å². The summed E-state index contributed by atoms with van der Waals surface area (Å²) in [6.45, 7) is 3.12. The van der Waals surface area contributed by atoms with E-state index in [0.717, 1.165) is 26.1 Å². The Kier molecular flexibility index (Phi) is 5.05. The van der Waals surface area contributed by atoms with Crippen molar-refractivity contribution < 1.29 is 9.90 Å². The molecular weight excluding hydrogens is 192 g/mol. The van der Waals surface area contributed by atoms with E-state index < -0.39 is 5.97 Å². The van der Waals surface area contributed by atoms with Crippen molar-refractivity contribution >= 4 is 5.97 Å². The van der Waals surface area contributed by atoms with E-state index in [9.17, 15) is 4.79 Å². The smallest absolute Gasteiger partial charge is 0.304 e. The number of nitrogens with zero attached hydrogens (tertiary/aromatic N) is 2. The normalized spacial score (nSPS) is 19.7. The van der Waals surface area contributed by atoms with Crippen LogP contribution in [0.25, 0.3) is 0 Å². The Morgan fingerprint density at radius 3 is 2.47 bits per heavy atom. The minimum Gasteiger partial charge on any atom is -0.481 e. The molecule has 0 aromatic heterocycles. The first-order valence-corrected chi connectivity index (χ1v) is 5.70. The molecule has 0 aromatic carbocycles. The molecule has 0 amide bonds. The maximum atomic E-state index is 10.8. The molecule has 15 heavy (non-hydrogen) atoms. The summed E-state index contributed by atoms with van der Waals surface area (Å²) < 4.78 is 0. The first-order valence-electron chi connectivity index (χ1n) is 5.70. The third-order valence-electron chi connectivity index (χ3n) is 2.98. The average molecular weight is 214 g/mol. The zero-order chi connectivity index (χ0) is 11.3. The summed E-state index contributed by atoms with van der Waals surface area (Å²) >= 11 is 0. The van der Waals surface area contributed by atoms with Crippen LogP contribution in [0.1, 0.15) is 25.7 Å². The predicted octanol–water partition coefficient (Wildman–Crippen LogP) is 0.877. The Morgan fingerprint density at radius 1 is 1.40 bits per heavy atom. The van der Waals surface area contributed by atoms with Gasteiger partial charge in [0.15, 0.2) is 0 Å². The van der Waals surface area contributed by atoms with Crippen LogP contribution in [-0.2, 0) is 4.79 Å². The molecular formula is C11H22N2O2. The SMILES string of the molecule is CN(C)CCC(CC(=O)O)N1CCCC1. The molecule has 0 spiro atoms. The van der Waals surface area contributed by atoms with E-state index in [1.807, 2.05) is 14.1 Å².